The molecule has 1 aromatic rings. The number of carbonyl (C=O) groups excluding carboxylic acids is 1. The lowest BCUT2D eigenvalue weighted by Gasteiger charge is -2.34. The summed E-state index contributed by atoms with van der Waals surface area (Å²) in [5.74, 6) is -0.672. The number of carboxylic acid groups (broad SMARTS) is 1. The number of ether oxygens (including phenoxy) is 2. The van der Waals surface area contributed by atoms with E-state index in [1.54, 1.807) is 13.0 Å². The number of carbonyl (C=O) groups is 2. The summed E-state index contributed by atoms with van der Waals surface area (Å²) in [5.41, 5.74) is 0. The van der Waals surface area contributed by atoms with Gasteiger partial charge in [0, 0.05) is 12.6 Å². The minimum absolute atomic E-state index is 0.0519. The molecule has 0 bridgehead atoms. The van der Waals surface area contributed by atoms with E-state index in [2.05, 4.69) is 15.9 Å². The van der Waals surface area contributed by atoms with Gasteiger partial charge in [-0.05, 0) is 22.9 Å². The number of amides is 1. The first kappa shape index (κ1) is 15.3. The van der Waals surface area contributed by atoms with Crippen LogP contribution < -0.4 is 4.74 Å². The minimum atomic E-state index is -1.06. The smallest absolute Gasteiger partial charge is 0.334 e. The van der Waals surface area contributed by atoms with Crippen molar-refractivity contribution in [2.24, 2.45) is 0 Å². The Morgan fingerprint density at radius 2 is 2.25 bits per heavy atom. The predicted molar refractivity (Wildman–Crippen MR) is 76.4 cm³/mol. The summed E-state index contributed by atoms with van der Waals surface area (Å²) in [4.78, 5) is 25.4. The fourth-order valence-corrected chi connectivity index (χ4v) is 3.62. The van der Waals surface area contributed by atoms with E-state index in [1.807, 2.05) is 0 Å². The zero-order valence-corrected chi connectivity index (χ0v) is 13.4. The first-order chi connectivity index (χ1) is 9.42. The van der Waals surface area contributed by atoms with E-state index in [-0.39, 0.29) is 18.6 Å². The molecule has 0 saturated carbocycles. The quantitative estimate of drug-likeness (QED) is 0.886. The highest BCUT2D eigenvalue weighted by Crippen LogP contribution is 2.35. The fraction of sp³-hybridized carbons (Fsp3) is 0.500. The highest BCUT2D eigenvalue weighted by molar-refractivity contribution is 9.11. The van der Waals surface area contributed by atoms with E-state index in [0.29, 0.717) is 17.2 Å². The lowest BCUT2D eigenvalue weighted by molar-refractivity contribution is -0.160. The Morgan fingerprint density at radius 3 is 2.80 bits per heavy atom. The van der Waals surface area contributed by atoms with Crippen molar-refractivity contribution < 1.29 is 24.2 Å². The maximum Gasteiger partial charge on any atom is 0.334 e. The summed E-state index contributed by atoms with van der Waals surface area (Å²) in [6.07, 6.45) is -1.29. The maximum atomic E-state index is 12.4. The number of methoxy groups -OCH3 is 1. The molecule has 0 radical (unpaired) electrons. The number of halogens is 1. The number of carboxylic acids is 1. The Labute approximate surface area is 128 Å². The van der Waals surface area contributed by atoms with E-state index in [4.69, 9.17) is 14.6 Å². The number of hydrogen-bond donors (Lipinski definition) is 1. The molecule has 1 aliphatic heterocycles. The second kappa shape index (κ2) is 6.11. The van der Waals surface area contributed by atoms with Crippen molar-refractivity contribution in [3.05, 3.63) is 14.7 Å². The van der Waals surface area contributed by atoms with Gasteiger partial charge in [-0.25, -0.2) is 4.79 Å². The van der Waals surface area contributed by atoms with Crippen LogP contribution in [0, 0.1) is 0 Å². The van der Waals surface area contributed by atoms with Gasteiger partial charge in [0.25, 0.3) is 5.91 Å². The third-order valence-corrected chi connectivity index (χ3v) is 4.68. The van der Waals surface area contributed by atoms with Gasteiger partial charge in [-0.2, -0.15) is 0 Å². The Kier molecular flexibility index (Phi) is 4.66. The van der Waals surface area contributed by atoms with E-state index in [0.717, 1.165) is 3.79 Å². The molecule has 1 aromatic heterocycles. The molecule has 0 aliphatic carbocycles. The Bertz CT molecular complexity index is 532. The highest BCUT2D eigenvalue weighted by Gasteiger charge is 2.33. The molecule has 1 fully saturated rings. The average Bonchev–Trinajstić information content (AvgIpc) is 2.78. The molecule has 1 N–H and O–H groups in total. The van der Waals surface area contributed by atoms with Gasteiger partial charge in [0.15, 0.2) is 6.10 Å². The van der Waals surface area contributed by atoms with Gasteiger partial charge in [-0.3, -0.25) is 4.79 Å². The largest absolute Gasteiger partial charge is 0.495 e. The van der Waals surface area contributed by atoms with Crippen LogP contribution in [0.2, 0.25) is 0 Å². The summed E-state index contributed by atoms with van der Waals surface area (Å²) in [6.45, 7) is 2.18. The Balaban J connectivity index is 2.16. The predicted octanol–water partition coefficient (Wildman–Crippen LogP) is 1.83. The molecule has 1 saturated heterocycles. The van der Waals surface area contributed by atoms with Gasteiger partial charge in [0.2, 0.25) is 0 Å². The molecule has 8 heteroatoms. The lowest BCUT2D eigenvalue weighted by atomic mass is 10.2. The summed E-state index contributed by atoms with van der Waals surface area (Å²) in [6, 6.07) is 1.65. The summed E-state index contributed by atoms with van der Waals surface area (Å²) in [5, 5.41) is 9.02. The summed E-state index contributed by atoms with van der Waals surface area (Å²) < 4.78 is 11.1. The van der Waals surface area contributed by atoms with Crippen molar-refractivity contribution >= 4 is 39.1 Å². The molecule has 2 atom stereocenters. The average molecular weight is 364 g/mol. The second-order valence-corrected chi connectivity index (χ2v) is 6.81. The molecule has 2 rings (SSSR count). The van der Waals surface area contributed by atoms with Crippen LogP contribution in [-0.2, 0) is 9.53 Å². The zero-order chi connectivity index (χ0) is 14.9. The van der Waals surface area contributed by atoms with Gasteiger partial charge in [-0.1, -0.05) is 0 Å². The van der Waals surface area contributed by atoms with Crippen LogP contribution in [0.4, 0.5) is 0 Å². The molecule has 20 heavy (non-hydrogen) atoms. The molecule has 1 aliphatic rings. The minimum Gasteiger partial charge on any atom is -0.495 e. The number of morpholine rings is 1. The van der Waals surface area contributed by atoms with Crippen LogP contribution in [0.3, 0.4) is 0 Å². The third-order valence-electron chi connectivity index (χ3n) is 2.91. The zero-order valence-electron chi connectivity index (χ0n) is 11.0. The van der Waals surface area contributed by atoms with E-state index in [9.17, 15) is 9.59 Å². The number of nitrogens with zero attached hydrogens (tertiary/aromatic N) is 1. The van der Waals surface area contributed by atoms with Gasteiger partial charge < -0.3 is 19.5 Å². The normalized spacial score (nSPS) is 22.6. The fourth-order valence-electron chi connectivity index (χ4n) is 2.01. The first-order valence-electron chi connectivity index (χ1n) is 5.93. The van der Waals surface area contributed by atoms with Gasteiger partial charge in [0.1, 0.15) is 9.54 Å². The number of aliphatic carboxylic acids is 1. The van der Waals surface area contributed by atoms with E-state index in [1.165, 1.54) is 23.3 Å². The number of rotatable bonds is 3. The van der Waals surface area contributed by atoms with Crippen LogP contribution >= 0.6 is 27.3 Å². The molecule has 0 aromatic carbocycles. The molecule has 0 spiro atoms. The monoisotopic (exact) mass is 363 g/mol. The van der Waals surface area contributed by atoms with Crippen LogP contribution in [-0.4, -0.2) is 54.3 Å². The third kappa shape index (κ3) is 3.13. The Morgan fingerprint density at radius 1 is 1.55 bits per heavy atom. The SMILES string of the molecule is COc1cc(C(=O)N2CC(C(=O)O)O[C@H](C)C2)sc1Br. The highest BCUT2D eigenvalue weighted by atomic mass is 79.9. The lowest BCUT2D eigenvalue weighted by Crippen LogP contribution is -2.51. The van der Waals surface area contributed by atoms with Gasteiger partial charge in [0.05, 0.1) is 24.6 Å². The topological polar surface area (TPSA) is 76.1 Å². The van der Waals surface area contributed by atoms with Crippen molar-refractivity contribution in [1.82, 2.24) is 4.90 Å². The van der Waals surface area contributed by atoms with Crippen molar-refractivity contribution in [2.45, 2.75) is 19.1 Å². The molecular weight excluding hydrogens is 350 g/mol. The van der Waals surface area contributed by atoms with Gasteiger partial charge in [-0.15, -0.1) is 11.3 Å². The van der Waals surface area contributed by atoms with Crippen LogP contribution in [0.25, 0.3) is 0 Å². The first-order valence-corrected chi connectivity index (χ1v) is 7.54. The van der Waals surface area contributed by atoms with Gasteiger partial charge >= 0.3 is 5.97 Å². The van der Waals surface area contributed by atoms with Crippen molar-refractivity contribution in [2.75, 3.05) is 20.2 Å². The summed E-state index contributed by atoms with van der Waals surface area (Å²) in [7, 11) is 1.53. The van der Waals surface area contributed by atoms with Crippen LogP contribution in [0.1, 0.15) is 16.6 Å². The number of thiophene rings is 1. The number of hydrogen-bond acceptors (Lipinski definition) is 5. The Hall–Kier alpha value is -1.12. The van der Waals surface area contributed by atoms with E-state index < -0.39 is 12.1 Å². The molecule has 6 nitrogen and oxygen atoms in total. The molecule has 1 amide bonds. The van der Waals surface area contributed by atoms with Crippen molar-refractivity contribution in [3.8, 4) is 5.75 Å². The molecule has 1 unspecified atom stereocenters. The molecule has 110 valence electrons. The molecular formula is C12H14BrNO5S. The van der Waals surface area contributed by atoms with Crippen molar-refractivity contribution in [1.29, 1.82) is 0 Å². The van der Waals surface area contributed by atoms with Crippen LogP contribution in [0.5, 0.6) is 5.75 Å². The van der Waals surface area contributed by atoms with Crippen LogP contribution in [0.15, 0.2) is 9.85 Å². The molecule has 2 heterocycles. The summed E-state index contributed by atoms with van der Waals surface area (Å²) >= 11 is 4.58. The maximum absolute atomic E-state index is 12.4. The standard InChI is InChI=1S/C12H14BrNO5S/c1-6-4-14(5-8(19-6)12(16)17)11(15)9-3-7(18-2)10(13)20-9/h3,6,8H,4-5H2,1-2H3,(H,16,17)/t6-,8?/m1/s1. The van der Waals surface area contributed by atoms with E-state index >= 15 is 0 Å². The second-order valence-electron chi connectivity index (χ2n) is 4.44. The van der Waals surface area contributed by atoms with Crippen molar-refractivity contribution in [3.63, 3.8) is 0 Å².